The van der Waals surface area contributed by atoms with E-state index in [1.54, 1.807) is 19.2 Å². The van der Waals surface area contributed by atoms with Crippen molar-refractivity contribution in [2.45, 2.75) is 22.3 Å². The molecule has 134 valence electrons. The zero-order chi connectivity index (χ0) is 18.2. The summed E-state index contributed by atoms with van der Waals surface area (Å²) in [5.41, 5.74) is 0.979. The van der Waals surface area contributed by atoms with Crippen LogP contribution in [0.1, 0.15) is 28.5 Å². The summed E-state index contributed by atoms with van der Waals surface area (Å²) in [7, 11) is -0.707. The molecule has 1 atom stereocenters. The van der Waals surface area contributed by atoms with Crippen LogP contribution in [0, 0.1) is 5.82 Å². The molecule has 0 saturated carbocycles. The van der Waals surface area contributed by atoms with Crippen LogP contribution in [0.3, 0.4) is 0 Å². The normalized spacial score (nSPS) is 17.2. The van der Waals surface area contributed by atoms with Crippen LogP contribution in [0.25, 0.3) is 0 Å². The van der Waals surface area contributed by atoms with E-state index in [2.05, 4.69) is 10.0 Å². The minimum atomic E-state index is -3.62. The summed E-state index contributed by atoms with van der Waals surface area (Å²) < 4.78 is 41.4. The molecule has 2 heterocycles. The number of thioether (sulfide) groups is 1. The van der Waals surface area contributed by atoms with Crippen LogP contribution in [0.5, 0.6) is 0 Å². The smallest absolute Gasteiger partial charge is 0.268 e. The first-order valence-electron chi connectivity index (χ1n) is 7.65. The molecule has 0 unspecified atom stereocenters. The molecular formula is C16H18FN3O3S2. The van der Waals surface area contributed by atoms with Gasteiger partial charge in [-0.25, -0.2) is 17.5 Å². The number of hydrogen-bond donors (Lipinski definition) is 2. The van der Waals surface area contributed by atoms with Crippen LogP contribution in [0.2, 0.25) is 0 Å². The molecule has 1 aliphatic rings. The van der Waals surface area contributed by atoms with Crippen molar-refractivity contribution in [1.29, 1.82) is 0 Å². The maximum atomic E-state index is 13.9. The number of sulfonamides is 1. The maximum absolute atomic E-state index is 13.9. The SMILES string of the molecule is CNS(=O)(=O)c1cc(C(=O)N[C@H]2CCSc3c(F)cccc32)n(C)c1. The highest BCUT2D eigenvalue weighted by molar-refractivity contribution is 7.99. The van der Waals surface area contributed by atoms with Crippen LogP contribution in [-0.2, 0) is 17.1 Å². The number of nitrogens with zero attached hydrogens (tertiary/aromatic N) is 1. The summed E-state index contributed by atoms with van der Waals surface area (Å²) >= 11 is 1.44. The van der Waals surface area contributed by atoms with E-state index < -0.39 is 15.9 Å². The zero-order valence-corrected chi connectivity index (χ0v) is 15.4. The number of benzene rings is 1. The summed E-state index contributed by atoms with van der Waals surface area (Å²) in [5.74, 6) is 0.0145. The number of carbonyl (C=O) groups is 1. The van der Waals surface area contributed by atoms with Gasteiger partial charge in [0.2, 0.25) is 10.0 Å². The van der Waals surface area contributed by atoms with E-state index in [0.29, 0.717) is 17.1 Å². The number of aromatic nitrogens is 1. The third-order valence-electron chi connectivity index (χ3n) is 4.12. The molecule has 1 aromatic carbocycles. The number of carbonyl (C=O) groups excluding carboxylic acids is 1. The Bertz CT molecular complexity index is 925. The van der Waals surface area contributed by atoms with Gasteiger partial charge in [0.25, 0.3) is 5.91 Å². The number of aryl methyl sites for hydroxylation is 1. The van der Waals surface area contributed by atoms with E-state index in [1.165, 1.54) is 41.7 Å². The van der Waals surface area contributed by atoms with Gasteiger partial charge in [-0.2, -0.15) is 0 Å². The quantitative estimate of drug-likeness (QED) is 0.847. The highest BCUT2D eigenvalue weighted by Crippen LogP contribution is 2.37. The summed E-state index contributed by atoms with van der Waals surface area (Å²) in [6.07, 6.45) is 2.06. The van der Waals surface area contributed by atoms with Gasteiger partial charge in [0.05, 0.1) is 6.04 Å². The van der Waals surface area contributed by atoms with E-state index >= 15 is 0 Å². The summed E-state index contributed by atoms with van der Waals surface area (Å²) in [4.78, 5) is 13.2. The Hall–Kier alpha value is -1.84. The number of nitrogens with one attached hydrogen (secondary N) is 2. The van der Waals surface area contributed by atoms with Crippen molar-refractivity contribution in [3.8, 4) is 0 Å². The number of amides is 1. The van der Waals surface area contributed by atoms with E-state index in [4.69, 9.17) is 0 Å². The standard InChI is InChI=1S/C16H18FN3O3S2/c1-18-25(22,23)10-8-14(20(2)9-10)16(21)19-13-6-7-24-15-11(13)4-3-5-12(15)17/h3-5,8-9,13,18H,6-7H2,1-2H3,(H,19,21)/t13-/m0/s1. The van der Waals surface area contributed by atoms with Crippen molar-refractivity contribution in [3.63, 3.8) is 0 Å². The molecule has 3 rings (SSSR count). The molecule has 0 fully saturated rings. The zero-order valence-electron chi connectivity index (χ0n) is 13.7. The van der Waals surface area contributed by atoms with Crippen LogP contribution in [0.4, 0.5) is 4.39 Å². The number of halogens is 1. The van der Waals surface area contributed by atoms with E-state index in [-0.39, 0.29) is 22.4 Å². The second kappa shape index (κ2) is 6.81. The molecule has 0 bridgehead atoms. The molecule has 2 aromatic rings. The average molecular weight is 383 g/mol. The first-order valence-corrected chi connectivity index (χ1v) is 10.1. The molecule has 9 heteroatoms. The van der Waals surface area contributed by atoms with Crippen LogP contribution in [0.15, 0.2) is 40.3 Å². The van der Waals surface area contributed by atoms with Crippen molar-refractivity contribution in [3.05, 3.63) is 47.5 Å². The molecule has 6 nitrogen and oxygen atoms in total. The van der Waals surface area contributed by atoms with E-state index in [1.807, 2.05) is 0 Å². The molecular weight excluding hydrogens is 365 g/mol. The lowest BCUT2D eigenvalue weighted by molar-refractivity contribution is 0.0926. The van der Waals surface area contributed by atoms with Crippen molar-refractivity contribution in [2.75, 3.05) is 12.8 Å². The van der Waals surface area contributed by atoms with E-state index in [9.17, 15) is 17.6 Å². The van der Waals surface area contributed by atoms with Crippen molar-refractivity contribution in [2.24, 2.45) is 7.05 Å². The Morgan fingerprint density at radius 1 is 1.40 bits per heavy atom. The first-order chi connectivity index (χ1) is 11.8. The second-order valence-corrected chi connectivity index (χ2v) is 8.69. The van der Waals surface area contributed by atoms with Crippen LogP contribution >= 0.6 is 11.8 Å². The fourth-order valence-electron chi connectivity index (χ4n) is 2.79. The second-order valence-electron chi connectivity index (χ2n) is 5.70. The minimum Gasteiger partial charge on any atom is -0.345 e. The van der Waals surface area contributed by atoms with Crippen molar-refractivity contribution in [1.82, 2.24) is 14.6 Å². The number of hydrogen-bond acceptors (Lipinski definition) is 4. The monoisotopic (exact) mass is 383 g/mol. The summed E-state index contributed by atoms with van der Waals surface area (Å²) in [6.45, 7) is 0. The van der Waals surface area contributed by atoms with Gasteiger partial charge in [-0.05, 0) is 31.2 Å². The molecule has 25 heavy (non-hydrogen) atoms. The van der Waals surface area contributed by atoms with E-state index in [0.717, 1.165) is 5.56 Å². The van der Waals surface area contributed by atoms with Gasteiger partial charge < -0.3 is 9.88 Å². The Morgan fingerprint density at radius 3 is 2.88 bits per heavy atom. The fraction of sp³-hybridized carbons (Fsp3) is 0.312. The number of fused-ring (bicyclic) bond motifs is 1. The Balaban J connectivity index is 1.86. The molecule has 0 spiro atoms. The molecule has 1 amide bonds. The van der Waals surface area contributed by atoms with Crippen molar-refractivity contribution >= 4 is 27.7 Å². The van der Waals surface area contributed by atoms with Crippen molar-refractivity contribution < 1.29 is 17.6 Å². The maximum Gasteiger partial charge on any atom is 0.268 e. The van der Waals surface area contributed by atoms with Gasteiger partial charge in [0, 0.05) is 23.9 Å². The summed E-state index contributed by atoms with van der Waals surface area (Å²) in [6, 6.07) is 5.85. The van der Waals surface area contributed by atoms with Gasteiger partial charge in [0.1, 0.15) is 16.4 Å². The molecule has 0 aliphatic carbocycles. The van der Waals surface area contributed by atoms with Crippen LogP contribution < -0.4 is 10.0 Å². The first kappa shape index (κ1) is 18.0. The Morgan fingerprint density at radius 2 is 2.16 bits per heavy atom. The molecule has 0 saturated heterocycles. The lowest BCUT2D eigenvalue weighted by Gasteiger charge is -2.26. The van der Waals surface area contributed by atoms with Gasteiger partial charge in [-0.3, -0.25) is 4.79 Å². The molecule has 1 aliphatic heterocycles. The largest absolute Gasteiger partial charge is 0.345 e. The van der Waals surface area contributed by atoms with Gasteiger partial charge in [0.15, 0.2) is 0 Å². The molecule has 0 radical (unpaired) electrons. The summed E-state index contributed by atoms with van der Waals surface area (Å²) in [5, 5.41) is 2.89. The van der Waals surface area contributed by atoms with Gasteiger partial charge >= 0.3 is 0 Å². The molecule has 2 N–H and O–H groups in total. The van der Waals surface area contributed by atoms with Crippen LogP contribution in [-0.4, -0.2) is 31.7 Å². The fourth-order valence-corrected chi connectivity index (χ4v) is 4.73. The molecule has 1 aromatic heterocycles. The Labute approximate surface area is 149 Å². The predicted octanol–water partition coefficient (Wildman–Crippen LogP) is 2.04. The average Bonchev–Trinajstić information content (AvgIpc) is 2.98. The third-order valence-corrected chi connectivity index (χ3v) is 6.66. The van der Waals surface area contributed by atoms with Gasteiger partial charge in [-0.1, -0.05) is 12.1 Å². The number of rotatable bonds is 4. The van der Waals surface area contributed by atoms with Gasteiger partial charge in [-0.15, -0.1) is 11.8 Å². The third kappa shape index (κ3) is 3.44. The minimum absolute atomic E-state index is 0.0216. The highest BCUT2D eigenvalue weighted by Gasteiger charge is 2.26. The topological polar surface area (TPSA) is 80.2 Å². The lowest BCUT2D eigenvalue weighted by atomic mass is 10.0. The Kier molecular flexibility index (Phi) is 4.90. The highest BCUT2D eigenvalue weighted by atomic mass is 32.2. The lowest BCUT2D eigenvalue weighted by Crippen LogP contribution is -2.32. The predicted molar refractivity (Wildman–Crippen MR) is 93.6 cm³/mol.